The molecule has 1 rings (SSSR count). The van der Waals surface area contributed by atoms with Crippen LogP contribution in [0.15, 0.2) is 0 Å². The zero-order chi connectivity index (χ0) is 13.9. The van der Waals surface area contributed by atoms with Crippen molar-refractivity contribution in [3.63, 3.8) is 0 Å². The van der Waals surface area contributed by atoms with Crippen LogP contribution >= 0.6 is 0 Å². The first-order valence-corrected chi connectivity index (χ1v) is 6.68. The zero-order valence-corrected chi connectivity index (χ0v) is 12.3. The average Bonchev–Trinajstić information content (AvgIpc) is 2.13. The molecule has 1 amide bonds. The summed E-state index contributed by atoms with van der Waals surface area (Å²) in [6.45, 7) is 13.1. The summed E-state index contributed by atoms with van der Waals surface area (Å²) in [6, 6.07) is 0.324. The molecule has 106 valence electrons. The van der Waals surface area contributed by atoms with Crippen LogP contribution in [-0.4, -0.2) is 59.8 Å². The molecule has 5 heteroatoms. The number of amides is 1. The van der Waals surface area contributed by atoms with Gasteiger partial charge in [-0.25, -0.2) is 4.79 Å². The smallest absolute Gasteiger partial charge is 0.410 e. The van der Waals surface area contributed by atoms with Crippen molar-refractivity contribution in [1.29, 1.82) is 0 Å². The summed E-state index contributed by atoms with van der Waals surface area (Å²) >= 11 is 0. The van der Waals surface area contributed by atoms with E-state index in [2.05, 4.69) is 18.7 Å². The first-order chi connectivity index (χ1) is 8.24. The first-order valence-electron chi connectivity index (χ1n) is 6.68. The number of hydrogen-bond donors (Lipinski definition) is 1. The minimum absolute atomic E-state index is 0.162. The van der Waals surface area contributed by atoms with Gasteiger partial charge >= 0.3 is 6.09 Å². The molecule has 0 aromatic carbocycles. The number of rotatable bonds is 2. The van der Waals surface area contributed by atoms with Crippen LogP contribution in [0.2, 0.25) is 0 Å². The summed E-state index contributed by atoms with van der Waals surface area (Å²) < 4.78 is 5.46. The molecule has 1 heterocycles. The number of carbonyl (C=O) groups excluding carboxylic acids is 1. The second-order valence-electron chi connectivity index (χ2n) is 6.13. The Hall–Kier alpha value is -0.810. The van der Waals surface area contributed by atoms with Crippen molar-refractivity contribution in [3.8, 4) is 0 Å². The normalized spacial score (nSPS) is 26.2. The van der Waals surface area contributed by atoms with Gasteiger partial charge in [0.1, 0.15) is 5.60 Å². The molecule has 1 fully saturated rings. The van der Waals surface area contributed by atoms with Gasteiger partial charge in [0, 0.05) is 38.3 Å². The highest BCUT2D eigenvalue weighted by Crippen LogP contribution is 2.19. The van der Waals surface area contributed by atoms with E-state index in [1.807, 2.05) is 25.7 Å². The largest absolute Gasteiger partial charge is 0.444 e. The maximum Gasteiger partial charge on any atom is 0.410 e. The maximum atomic E-state index is 12.2. The van der Waals surface area contributed by atoms with E-state index in [-0.39, 0.29) is 18.2 Å². The van der Waals surface area contributed by atoms with Gasteiger partial charge in [-0.15, -0.1) is 0 Å². The Morgan fingerprint density at radius 2 is 1.78 bits per heavy atom. The summed E-state index contributed by atoms with van der Waals surface area (Å²) in [5.41, 5.74) is 5.14. The molecular formula is C13H27N3O2. The van der Waals surface area contributed by atoms with Crippen LogP contribution in [-0.2, 0) is 4.74 Å². The predicted molar refractivity (Wildman–Crippen MR) is 72.5 cm³/mol. The van der Waals surface area contributed by atoms with Gasteiger partial charge in [0.25, 0.3) is 0 Å². The molecule has 0 aliphatic carbocycles. The number of hydrogen-bond acceptors (Lipinski definition) is 4. The number of ether oxygens (including phenoxy) is 1. The van der Waals surface area contributed by atoms with Crippen molar-refractivity contribution >= 4 is 6.09 Å². The average molecular weight is 257 g/mol. The fourth-order valence-corrected chi connectivity index (χ4v) is 2.47. The third-order valence-electron chi connectivity index (χ3n) is 3.04. The van der Waals surface area contributed by atoms with E-state index in [1.54, 1.807) is 0 Å². The van der Waals surface area contributed by atoms with Crippen LogP contribution < -0.4 is 5.73 Å². The van der Waals surface area contributed by atoms with Crippen molar-refractivity contribution in [2.45, 2.75) is 52.3 Å². The summed E-state index contributed by atoms with van der Waals surface area (Å²) in [4.78, 5) is 16.3. The van der Waals surface area contributed by atoms with Gasteiger partial charge in [-0.2, -0.15) is 0 Å². The van der Waals surface area contributed by atoms with E-state index in [0.29, 0.717) is 6.54 Å². The summed E-state index contributed by atoms with van der Waals surface area (Å²) in [7, 11) is 0. The highest BCUT2D eigenvalue weighted by molar-refractivity contribution is 5.69. The van der Waals surface area contributed by atoms with Crippen LogP contribution in [0, 0.1) is 0 Å². The number of nitrogens with zero attached hydrogens (tertiary/aromatic N) is 2. The van der Waals surface area contributed by atoms with Crippen LogP contribution in [0.3, 0.4) is 0 Å². The van der Waals surface area contributed by atoms with Crippen molar-refractivity contribution in [2.24, 2.45) is 5.73 Å². The molecule has 2 N–H and O–H groups in total. The van der Waals surface area contributed by atoms with Gasteiger partial charge in [0.05, 0.1) is 0 Å². The molecule has 0 spiro atoms. The van der Waals surface area contributed by atoms with Gasteiger partial charge in [0.2, 0.25) is 0 Å². The predicted octanol–water partition coefficient (Wildman–Crippen LogP) is 1.27. The van der Waals surface area contributed by atoms with Crippen LogP contribution in [0.4, 0.5) is 4.79 Å². The molecule has 1 saturated heterocycles. The molecule has 0 radical (unpaired) electrons. The molecule has 0 aromatic rings. The Morgan fingerprint density at radius 1 is 1.28 bits per heavy atom. The Balaban J connectivity index is 2.64. The second-order valence-corrected chi connectivity index (χ2v) is 6.13. The topological polar surface area (TPSA) is 58.8 Å². The number of carbonyl (C=O) groups is 1. The van der Waals surface area contributed by atoms with Crippen molar-refractivity contribution < 1.29 is 9.53 Å². The van der Waals surface area contributed by atoms with Crippen LogP contribution in [0.1, 0.15) is 34.6 Å². The third kappa shape index (κ3) is 4.14. The zero-order valence-electron chi connectivity index (χ0n) is 12.3. The van der Waals surface area contributed by atoms with Gasteiger partial charge in [0.15, 0.2) is 0 Å². The quantitative estimate of drug-likeness (QED) is 0.809. The van der Waals surface area contributed by atoms with Gasteiger partial charge in [-0.05, 0) is 34.6 Å². The Morgan fingerprint density at radius 3 is 2.17 bits per heavy atom. The molecule has 0 bridgehead atoms. The molecule has 5 nitrogen and oxygen atoms in total. The first kappa shape index (κ1) is 15.2. The van der Waals surface area contributed by atoms with E-state index < -0.39 is 5.60 Å². The van der Waals surface area contributed by atoms with Crippen LogP contribution in [0.25, 0.3) is 0 Å². The molecule has 2 unspecified atom stereocenters. The highest BCUT2D eigenvalue weighted by atomic mass is 16.6. The van der Waals surface area contributed by atoms with E-state index in [9.17, 15) is 4.79 Å². The van der Waals surface area contributed by atoms with Crippen LogP contribution in [0.5, 0.6) is 0 Å². The fourth-order valence-electron chi connectivity index (χ4n) is 2.47. The minimum Gasteiger partial charge on any atom is -0.444 e. The van der Waals surface area contributed by atoms with E-state index in [4.69, 9.17) is 10.5 Å². The summed E-state index contributed by atoms with van der Waals surface area (Å²) in [5.74, 6) is 0. The molecule has 18 heavy (non-hydrogen) atoms. The maximum absolute atomic E-state index is 12.2. The molecule has 2 atom stereocenters. The lowest BCUT2D eigenvalue weighted by molar-refractivity contribution is -0.0144. The lowest BCUT2D eigenvalue weighted by Crippen LogP contribution is -2.59. The van der Waals surface area contributed by atoms with Gasteiger partial charge in [-0.1, -0.05) is 0 Å². The molecule has 1 aliphatic rings. The Labute approximate surface area is 110 Å². The lowest BCUT2D eigenvalue weighted by Gasteiger charge is -2.44. The van der Waals surface area contributed by atoms with Crippen molar-refractivity contribution in [2.75, 3.05) is 26.2 Å². The second kappa shape index (κ2) is 5.89. The standard InChI is InChI=1S/C13H27N3O2/c1-10-8-15(7-6-14)9-11(2)16(10)12(17)18-13(3,4)5/h10-11H,6-9,14H2,1-5H3. The SMILES string of the molecule is CC1CN(CCN)CC(C)N1C(=O)OC(C)(C)C. The molecular weight excluding hydrogens is 230 g/mol. The molecule has 1 aliphatic heterocycles. The van der Waals surface area contributed by atoms with Crippen molar-refractivity contribution in [1.82, 2.24) is 9.80 Å². The number of nitrogens with two attached hydrogens (primary N) is 1. The monoisotopic (exact) mass is 257 g/mol. The van der Waals surface area contributed by atoms with Gasteiger partial charge < -0.3 is 15.4 Å². The van der Waals surface area contributed by atoms with Crippen molar-refractivity contribution in [3.05, 3.63) is 0 Å². The molecule has 0 saturated carbocycles. The summed E-state index contributed by atoms with van der Waals surface area (Å²) in [5, 5.41) is 0. The Bertz CT molecular complexity index is 276. The Kier molecular flexibility index (Phi) is 4.99. The van der Waals surface area contributed by atoms with E-state index in [0.717, 1.165) is 19.6 Å². The highest BCUT2D eigenvalue weighted by Gasteiger charge is 2.35. The third-order valence-corrected chi connectivity index (χ3v) is 3.04. The number of piperazine rings is 1. The fraction of sp³-hybridized carbons (Fsp3) is 0.923. The minimum atomic E-state index is -0.440. The van der Waals surface area contributed by atoms with E-state index >= 15 is 0 Å². The lowest BCUT2D eigenvalue weighted by atomic mass is 10.1. The summed E-state index contributed by atoms with van der Waals surface area (Å²) in [6.07, 6.45) is -0.213. The van der Waals surface area contributed by atoms with E-state index in [1.165, 1.54) is 0 Å². The molecule has 0 aromatic heterocycles. The van der Waals surface area contributed by atoms with Gasteiger partial charge in [-0.3, -0.25) is 4.90 Å².